The van der Waals surface area contributed by atoms with Crippen molar-refractivity contribution < 1.29 is 0 Å². The van der Waals surface area contributed by atoms with Crippen molar-refractivity contribution in [1.82, 2.24) is 5.32 Å². The fourth-order valence-electron chi connectivity index (χ4n) is 3.13. The van der Waals surface area contributed by atoms with Gasteiger partial charge in [-0.05, 0) is 24.3 Å². The summed E-state index contributed by atoms with van der Waals surface area (Å²) in [5.41, 5.74) is 4.92. The number of hydrogen-bond donors (Lipinski definition) is 1. The summed E-state index contributed by atoms with van der Waals surface area (Å²) in [5.74, 6) is 1.30. The Hall–Kier alpha value is -0.980. The molecule has 0 aliphatic heterocycles. The van der Waals surface area contributed by atoms with Gasteiger partial charge in [0.05, 0.1) is 5.54 Å². The van der Waals surface area contributed by atoms with Gasteiger partial charge in [0, 0.05) is 18.0 Å². The lowest BCUT2D eigenvalue weighted by atomic mass is 9.66. The second-order valence-corrected chi connectivity index (χ2v) is 7.74. The standard InChI is InChI=1S/C18H29N/c1-12(2)16-11-18(7,13(16)3)19-15-9-8-14(10-15)17(4,5)6/h8-9,11-13,19H,10H2,1-7H3. The molecule has 0 saturated carbocycles. The molecule has 2 rings (SSSR count). The Morgan fingerprint density at radius 3 is 2.32 bits per heavy atom. The molecule has 0 aromatic heterocycles. The molecule has 0 heterocycles. The highest BCUT2D eigenvalue weighted by atomic mass is 15.0. The highest BCUT2D eigenvalue weighted by molar-refractivity contribution is 5.39. The Balaban J connectivity index is 1.99. The molecule has 2 aliphatic carbocycles. The number of rotatable bonds is 3. The minimum absolute atomic E-state index is 0.145. The molecule has 1 nitrogen and oxygen atoms in total. The zero-order valence-corrected chi connectivity index (χ0v) is 13.6. The molecule has 0 amide bonds. The van der Waals surface area contributed by atoms with E-state index in [4.69, 9.17) is 0 Å². The summed E-state index contributed by atoms with van der Waals surface area (Å²) in [7, 11) is 0. The first-order valence-corrected chi connectivity index (χ1v) is 7.54. The zero-order valence-electron chi connectivity index (χ0n) is 13.6. The molecular weight excluding hydrogens is 230 g/mol. The number of hydrogen-bond acceptors (Lipinski definition) is 1. The Labute approximate surface area is 118 Å². The molecule has 2 atom stereocenters. The van der Waals surface area contributed by atoms with Crippen molar-refractivity contribution in [3.8, 4) is 0 Å². The van der Waals surface area contributed by atoms with E-state index in [1.54, 1.807) is 5.57 Å². The molecule has 2 aliphatic rings. The minimum Gasteiger partial charge on any atom is -0.379 e. The van der Waals surface area contributed by atoms with E-state index in [-0.39, 0.29) is 11.0 Å². The van der Waals surface area contributed by atoms with Crippen LogP contribution in [0.1, 0.15) is 54.9 Å². The summed E-state index contributed by atoms with van der Waals surface area (Å²) in [5, 5.41) is 3.76. The van der Waals surface area contributed by atoms with Gasteiger partial charge in [0.15, 0.2) is 0 Å². The quantitative estimate of drug-likeness (QED) is 0.716. The van der Waals surface area contributed by atoms with Gasteiger partial charge in [-0.1, -0.05) is 64.8 Å². The molecule has 0 spiro atoms. The van der Waals surface area contributed by atoms with Crippen LogP contribution >= 0.6 is 0 Å². The molecule has 0 radical (unpaired) electrons. The van der Waals surface area contributed by atoms with Crippen LogP contribution in [0.5, 0.6) is 0 Å². The second-order valence-electron chi connectivity index (χ2n) is 7.74. The third kappa shape index (κ3) is 2.66. The van der Waals surface area contributed by atoms with Crippen molar-refractivity contribution >= 4 is 0 Å². The van der Waals surface area contributed by atoms with Gasteiger partial charge in [-0.25, -0.2) is 0 Å². The molecule has 1 N–H and O–H groups in total. The monoisotopic (exact) mass is 259 g/mol. The van der Waals surface area contributed by atoms with E-state index in [9.17, 15) is 0 Å². The van der Waals surface area contributed by atoms with E-state index < -0.39 is 0 Å². The third-order valence-electron chi connectivity index (χ3n) is 4.79. The van der Waals surface area contributed by atoms with Crippen LogP contribution < -0.4 is 5.32 Å². The Bertz CT molecular complexity index is 457. The molecule has 0 fully saturated rings. The lowest BCUT2D eigenvalue weighted by Crippen LogP contribution is -2.53. The lowest BCUT2D eigenvalue weighted by molar-refractivity contribution is 0.297. The fraction of sp³-hybridized carbons (Fsp3) is 0.667. The van der Waals surface area contributed by atoms with Gasteiger partial charge in [-0.3, -0.25) is 0 Å². The summed E-state index contributed by atoms with van der Waals surface area (Å²) >= 11 is 0. The van der Waals surface area contributed by atoms with Crippen molar-refractivity contribution in [2.24, 2.45) is 17.3 Å². The molecule has 106 valence electrons. The van der Waals surface area contributed by atoms with Crippen LogP contribution in [0.25, 0.3) is 0 Å². The average Bonchev–Trinajstić information content (AvgIpc) is 2.73. The molecule has 1 heteroatoms. The minimum atomic E-state index is 0.145. The largest absolute Gasteiger partial charge is 0.379 e. The Morgan fingerprint density at radius 1 is 1.26 bits per heavy atom. The van der Waals surface area contributed by atoms with E-state index in [2.05, 4.69) is 72.0 Å². The predicted octanol–water partition coefficient (Wildman–Crippen LogP) is 4.83. The van der Waals surface area contributed by atoms with Crippen molar-refractivity contribution in [1.29, 1.82) is 0 Å². The maximum atomic E-state index is 3.76. The van der Waals surface area contributed by atoms with Crippen LogP contribution in [0.2, 0.25) is 0 Å². The van der Waals surface area contributed by atoms with Gasteiger partial charge >= 0.3 is 0 Å². The van der Waals surface area contributed by atoms with Crippen molar-refractivity contribution in [2.75, 3.05) is 0 Å². The lowest BCUT2D eigenvalue weighted by Gasteiger charge is -2.47. The molecule has 19 heavy (non-hydrogen) atoms. The molecule has 0 saturated heterocycles. The van der Waals surface area contributed by atoms with Crippen LogP contribution in [-0.2, 0) is 0 Å². The van der Waals surface area contributed by atoms with E-state index in [0.717, 1.165) is 6.42 Å². The van der Waals surface area contributed by atoms with Gasteiger partial charge in [0.1, 0.15) is 0 Å². The maximum absolute atomic E-state index is 3.76. The maximum Gasteiger partial charge on any atom is 0.0590 e. The Morgan fingerprint density at radius 2 is 1.89 bits per heavy atom. The van der Waals surface area contributed by atoms with Gasteiger partial charge < -0.3 is 5.32 Å². The van der Waals surface area contributed by atoms with Crippen LogP contribution in [0.15, 0.2) is 35.1 Å². The SMILES string of the molecule is CC(C)C1=CC(C)(NC2=CC=C(C(C)(C)C)C2)C1C. The Kier molecular flexibility index (Phi) is 3.45. The first-order valence-electron chi connectivity index (χ1n) is 7.54. The number of allylic oxidation sites excluding steroid dienone is 3. The van der Waals surface area contributed by atoms with Crippen LogP contribution in [0, 0.1) is 17.3 Å². The van der Waals surface area contributed by atoms with E-state index in [1.165, 1.54) is 11.3 Å². The topological polar surface area (TPSA) is 12.0 Å². The van der Waals surface area contributed by atoms with E-state index >= 15 is 0 Å². The van der Waals surface area contributed by atoms with Crippen molar-refractivity contribution in [3.63, 3.8) is 0 Å². The molecule has 0 aromatic carbocycles. The summed E-state index contributed by atoms with van der Waals surface area (Å²) in [6.45, 7) is 16.1. The van der Waals surface area contributed by atoms with Crippen molar-refractivity contribution in [3.05, 3.63) is 35.1 Å². The van der Waals surface area contributed by atoms with E-state index in [0.29, 0.717) is 11.8 Å². The molecule has 2 unspecified atom stereocenters. The van der Waals surface area contributed by atoms with Crippen LogP contribution in [0.4, 0.5) is 0 Å². The summed E-state index contributed by atoms with van der Waals surface area (Å²) < 4.78 is 0. The summed E-state index contributed by atoms with van der Waals surface area (Å²) in [6.07, 6.45) is 8.07. The van der Waals surface area contributed by atoms with Gasteiger partial charge in [0.2, 0.25) is 0 Å². The second kappa shape index (κ2) is 4.54. The van der Waals surface area contributed by atoms with Crippen LogP contribution in [0.3, 0.4) is 0 Å². The summed E-state index contributed by atoms with van der Waals surface area (Å²) in [4.78, 5) is 0. The third-order valence-corrected chi connectivity index (χ3v) is 4.79. The number of nitrogens with one attached hydrogen (secondary N) is 1. The normalized spacial score (nSPS) is 30.7. The van der Waals surface area contributed by atoms with E-state index in [1.807, 2.05) is 0 Å². The summed E-state index contributed by atoms with van der Waals surface area (Å²) in [6, 6.07) is 0. The first-order chi connectivity index (χ1) is 8.63. The molecule has 0 bridgehead atoms. The van der Waals surface area contributed by atoms with Crippen LogP contribution in [-0.4, -0.2) is 5.54 Å². The van der Waals surface area contributed by atoms with Gasteiger partial charge in [0.25, 0.3) is 0 Å². The van der Waals surface area contributed by atoms with Crippen molar-refractivity contribution in [2.45, 2.75) is 60.4 Å². The van der Waals surface area contributed by atoms with Gasteiger partial charge in [-0.2, -0.15) is 0 Å². The predicted molar refractivity (Wildman–Crippen MR) is 83.9 cm³/mol. The highest BCUT2D eigenvalue weighted by Crippen LogP contribution is 2.42. The zero-order chi connectivity index (χ0) is 14.4. The highest BCUT2D eigenvalue weighted by Gasteiger charge is 2.41. The first kappa shape index (κ1) is 14.4. The average molecular weight is 259 g/mol. The fourth-order valence-corrected chi connectivity index (χ4v) is 3.13. The molecule has 0 aromatic rings. The molecular formula is C18H29N. The smallest absolute Gasteiger partial charge is 0.0590 e. The van der Waals surface area contributed by atoms with Gasteiger partial charge in [-0.15, -0.1) is 0 Å².